The quantitative estimate of drug-likeness (QED) is 0.145. The van der Waals surface area contributed by atoms with E-state index in [1.165, 1.54) is 24.3 Å². The number of halogens is 2. The molecule has 4 atom stereocenters. The fourth-order valence-corrected chi connectivity index (χ4v) is 7.81. The number of aromatic carboxylic acids is 2. The summed E-state index contributed by atoms with van der Waals surface area (Å²) in [4.78, 5) is 39.1. The van der Waals surface area contributed by atoms with Crippen molar-refractivity contribution in [2.24, 2.45) is 0 Å². The van der Waals surface area contributed by atoms with Crippen molar-refractivity contribution in [2.75, 3.05) is 6.54 Å². The standard InChI is InChI=1S/C37H32ClFN2O7/c1-18-17-41(30-13-8-19-6-10-24(36(44)45)32(18)33(19)30)35(43)23-11-9-21(15-31(23)42)48-34(22-4-2-3-5-27(22)38)40-29-12-7-20-14-26(37(46)47)28(39)16-25(20)29/h2-6,9-11,14-16,18,29-30,34,40,42H,7-8,12-13,17H2,1H3,(H,44,45)(H,46,47)/t18?,29-,30-,34?/m1/s1. The van der Waals surface area contributed by atoms with Crippen LogP contribution in [0.15, 0.2) is 66.7 Å². The molecule has 48 heavy (non-hydrogen) atoms. The molecule has 0 saturated carbocycles. The van der Waals surface area contributed by atoms with Crippen molar-refractivity contribution in [3.05, 3.63) is 128 Å². The van der Waals surface area contributed by atoms with Gasteiger partial charge in [0.1, 0.15) is 17.3 Å². The Morgan fingerprint density at radius 3 is 2.38 bits per heavy atom. The van der Waals surface area contributed by atoms with E-state index in [4.69, 9.17) is 16.3 Å². The predicted octanol–water partition coefficient (Wildman–Crippen LogP) is 7.18. The molecule has 4 aromatic carbocycles. The number of amides is 1. The number of carboxylic acids is 2. The number of ether oxygens (including phenoxy) is 1. The van der Waals surface area contributed by atoms with Gasteiger partial charge in [-0.25, -0.2) is 14.0 Å². The highest BCUT2D eigenvalue weighted by molar-refractivity contribution is 6.31. The van der Waals surface area contributed by atoms with Crippen LogP contribution in [-0.2, 0) is 12.8 Å². The van der Waals surface area contributed by atoms with Crippen LogP contribution in [0.25, 0.3) is 0 Å². The zero-order chi connectivity index (χ0) is 33.9. The minimum absolute atomic E-state index is 0.0949. The smallest absolute Gasteiger partial charge is 0.338 e. The molecule has 0 bridgehead atoms. The number of hydrogen-bond acceptors (Lipinski definition) is 6. The van der Waals surface area contributed by atoms with E-state index in [1.807, 2.05) is 13.0 Å². The van der Waals surface area contributed by atoms with Crippen LogP contribution in [0.3, 0.4) is 0 Å². The number of fused-ring (bicyclic) bond motifs is 1. The molecule has 1 aliphatic heterocycles. The van der Waals surface area contributed by atoms with Gasteiger partial charge in [-0.3, -0.25) is 10.1 Å². The minimum Gasteiger partial charge on any atom is -0.507 e. The van der Waals surface area contributed by atoms with Gasteiger partial charge in [0.05, 0.1) is 22.7 Å². The van der Waals surface area contributed by atoms with Crippen molar-refractivity contribution in [3.63, 3.8) is 0 Å². The lowest BCUT2D eigenvalue weighted by Crippen LogP contribution is -2.41. The molecular formula is C37H32ClFN2O7. The zero-order valence-corrected chi connectivity index (χ0v) is 26.6. The maximum absolute atomic E-state index is 14.7. The second-order valence-corrected chi connectivity index (χ2v) is 13.0. The third kappa shape index (κ3) is 5.44. The van der Waals surface area contributed by atoms with Gasteiger partial charge < -0.3 is 25.0 Å². The normalized spacial score (nSPS) is 19.8. The topological polar surface area (TPSA) is 136 Å². The van der Waals surface area contributed by atoms with Crippen LogP contribution in [0.4, 0.5) is 4.39 Å². The Morgan fingerprint density at radius 2 is 1.65 bits per heavy atom. The van der Waals surface area contributed by atoms with Gasteiger partial charge in [0.2, 0.25) is 0 Å². The third-order valence-electron chi connectivity index (χ3n) is 9.76. The van der Waals surface area contributed by atoms with Crippen LogP contribution in [0, 0.1) is 5.82 Å². The van der Waals surface area contributed by atoms with Crippen molar-refractivity contribution in [3.8, 4) is 11.5 Å². The highest BCUT2D eigenvalue weighted by Gasteiger charge is 2.41. The summed E-state index contributed by atoms with van der Waals surface area (Å²) in [5.74, 6) is -3.73. The van der Waals surface area contributed by atoms with E-state index < -0.39 is 24.0 Å². The number of hydrogen-bond donors (Lipinski definition) is 4. The number of aryl methyl sites for hydroxylation is 2. The maximum atomic E-state index is 14.7. The Bertz CT molecular complexity index is 2000. The molecule has 0 saturated heterocycles. The van der Waals surface area contributed by atoms with E-state index in [1.54, 1.807) is 41.3 Å². The Hall–Kier alpha value is -4.93. The van der Waals surface area contributed by atoms with Gasteiger partial charge in [-0.1, -0.05) is 42.8 Å². The van der Waals surface area contributed by atoms with Crippen LogP contribution >= 0.6 is 11.6 Å². The van der Waals surface area contributed by atoms with Crippen molar-refractivity contribution in [1.29, 1.82) is 0 Å². The summed E-state index contributed by atoms with van der Waals surface area (Å²) in [6.07, 6.45) is 1.66. The molecule has 2 unspecified atom stereocenters. The molecule has 9 nitrogen and oxygen atoms in total. The fourth-order valence-electron chi connectivity index (χ4n) is 7.58. The Labute approximate surface area is 280 Å². The number of nitrogens with one attached hydrogen (secondary N) is 1. The van der Waals surface area contributed by atoms with Crippen LogP contribution in [0.1, 0.15) is 108 Å². The van der Waals surface area contributed by atoms with Gasteiger partial charge in [0.25, 0.3) is 5.91 Å². The van der Waals surface area contributed by atoms with Crippen LogP contribution in [-0.4, -0.2) is 44.6 Å². The van der Waals surface area contributed by atoms with Gasteiger partial charge in [-0.2, -0.15) is 0 Å². The molecule has 2 aliphatic carbocycles. The SMILES string of the molecule is CC1CN(C(=O)c2ccc(OC(N[C@@H]3CCc4cc(C(=O)O)c(F)cc43)c3ccccc3Cl)cc2O)[C@@H]2CCc3ccc(C(=O)O)c1c32. The molecule has 11 heteroatoms. The number of nitrogens with zero attached hydrogens (tertiary/aromatic N) is 1. The van der Waals surface area contributed by atoms with E-state index in [2.05, 4.69) is 5.32 Å². The number of aromatic hydroxyl groups is 1. The molecule has 1 amide bonds. The lowest BCUT2D eigenvalue weighted by Gasteiger charge is -2.39. The molecule has 7 rings (SSSR count). The largest absolute Gasteiger partial charge is 0.507 e. The summed E-state index contributed by atoms with van der Waals surface area (Å²) in [7, 11) is 0. The highest BCUT2D eigenvalue weighted by atomic mass is 35.5. The number of carbonyl (C=O) groups is 3. The Balaban J connectivity index is 1.15. The minimum atomic E-state index is -1.33. The molecule has 0 radical (unpaired) electrons. The summed E-state index contributed by atoms with van der Waals surface area (Å²) >= 11 is 6.56. The number of carboxylic acid groups (broad SMARTS) is 2. The first-order chi connectivity index (χ1) is 23.0. The van der Waals surface area contributed by atoms with Crippen LogP contribution in [0.2, 0.25) is 5.02 Å². The molecule has 1 heterocycles. The fraction of sp³-hybridized carbons (Fsp3) is 0.270. The number of rotatable bonds is 8. The van der Waals surface area contributed by atoms with Crippen LogP contribution in [0.5, 0.6) is 11.5 Å². The Kier molecular flexibility index (Phi) is 8.09. The van der Waals surface area contributed by atoms with Crippen molar-refractivity contribution in [1.82, 2.24) is 10.2 Å². The summed E-state index contributed by atoms with van der Waals surface area (Å²) in [6, 6.07) is 17.0. The van der Waals surface area contributed by atoms with E-state index in [9.17, 15) is 34.1 Å². The number of carbonyl (C=O) groups excluding carboxylic acids is 1. The van der Waals surface area contributed by atoms with Gasteiger partial charge in [-0.05, 0) is 95.8 Å². The lowest BCUT2D eigenvalue weighted by molar-refractivity contribution is 0.0635. The highest BCUT2D eigenvalue weighted by Crippen LogP contribution is 2.47. The number of benzene rings is 4. The average Bonchev–Trinajstić information content (AvgIpc) is 3.66. The number of phenolic OH excluding ortho intramolecular Hbond substituents is 1. The summed E-state index contributed by atoms with van der Waals surface area (Å²) in [6.45, 7) is 2.23. The molecule has 3 aliphatic rings. The van der Waals surface area contributed by atoms with Crippen LogP contribution < -0.4 is 10.1 Å². The lowest BCUT2D eigenvalue weighted by atomic mass is 9.83. The predicted molar refractivity (Wildman–Crippen MR) is 174 cm³/mol. The second-order valence-electron chi connectivity index (χ2n) is 12.6. The van der Waals surface area contributed by atoms with E-state index in [-0.39, 0.29) is 52.1 Å². The molecule has 0 spiro atoms. The third-order valence-corrected chi connectivity index (χ3v) is 10.1. The first kappa shape index (κ1) is 31.7. The Morgan fingerprint density at radius 1 is 0.917 bits per heavy atom. The van der Waals surface area contributed by atoms with Gasteiger partial charge >= 0.3 is 11.9 Å². The van der Waals surface area contributed by atoms with Gasteiger partial charge in [0, 0.05) is 29.2 Å². The van der Waals surface area contributed by atoms with E-state index >= 15 is 0 Å². The summed E-state index contributed by atoms with van der Waals surface area (Å²) < 4.78 is 21.0. The molecule has 4 aromatic rings. The maximum Gasteiger partial charge on any atom is 0.338 e. The van der Waals surface area contributed by atoms with Gasteiger partial charge in [0.15, 0.2) is 6.23 Å². The van der Waals surface area contributed by atoms with Crippen molar-refractivity contribution < 1.29 is 38.8 Å². The molecule has 246 valence electrons. The zero-order valence-electron chi connectivity index (χ0n) is 25.9. The molecular weight excluding hydrogens is 639 g/mol. The summed E-state index contributed by atoms with van der Waals surface area (Å²) in [5.41, 5.74) is 4.67. The van der Waals surface area contributed by atoms with Crippen molar-refractivity contribution in [2.45, 2.75) is 56.8 Å². The summed E-state index contributed by atoms with van der Waals surface area (Å²) in [5, 5.41) is 34.1. The molecule has 4 N–H and O–H groups in total. The first-order valence-corrected chi connectivity index (χ1v) is 16.1. The number of phenols is 1. The monoisotopic (exact) mass is 670 g/mol. The average molecular weight is 671 g/mol. The van der Waals surface area contributed by atoms with Crippen molar-refractivity contribution >= 4 is 29.4 Å². The van der Waals surface area contributed by atoms with E-state index in [0.717, 1.165) is 28.7 Å². The second kappa shape index (κ2) is 12.3. The molecule has 0 fully saturated rings. The van der Waals surface area contributed by atoms with Gasteiger partial charge in [-0.15, -0.1) is 0 Å². The first-order valence-electron chi connectivity index (χ1n) is 15.8. The molecule has 0 aromatic heterocycles. The van der Waals surface area contributed by atoms with E-state index in [0.29, 0.717) is 42.0 Å².